The fourth-order valence-corrected chi connectivity index (χ4v) is 1.63. The van der Waals surface area contributed by atoms with Crippen LogP contribution in [0.2, 0.25) is 0 Å². The minimum atomic E-state index is -4.75. The number of carbonyl (C=O) groups excluding carboxylic acids is 1. The number of benzene rings is 1. The van der Waals surface area contributed by atoms with E-state index >= 15 is 0 Å². The Morgan fingerprint density at radius 2 is 1.77 bits per heavy atom. The fraction of sp³-hybridized carbons (Fsp3) is 0.385. The molecule has 2 amide bonds. The molecule has 0 fully saturated rings. The maximum absolute atomic E-state index is 12.9. The van der Waals surface area contributed by atoms with Gasteiger partial charge in [0.05, 0.1) is 0 Å². The number of rotatable bonds is 6. The zero-order chi connectivity index (χ0) is 16.8. The summed E-state index contributed by atoms with van der Waals surface area (Å²) in [6, 6.07) is 0.210. The van der Waals surface area contributed by atoms with Crippen molar-refractivity contribution < 1.29 is 32.3 Å². The van der Waals surface area contributed by atoms with Crippen LogP contribution in [0, 0.1) is 5.82 Å². The zero-order valence-corrected chi connectivity index (χ0v) is 11.3. The molecular weight excluding hydrogens is 308 g/mol. The summed E-state index contributed by atoms with van der Waals surface area (Å²) in [5.41, 5.74) is -0.311. The highest BCUT2D eigenvalue weighted by Gasteiger charge is 2.41. The van der Waals surface area contributed by atoms with Gasteiger partial charge < -0.3 is 15.7 Å². The van der Waals surface area contributed by atoms with E-state index in [-0.39, 0.29) is 24.9 Å². The zero-order valence-electron chi connectivity index (χ0n) is 11.3. The van der Waals surface area contributed by atoms with Crippen LogP contribution in [0.15, 0.2) is 24.3 Å². The Morgan fingerprint density at radius 1 is 1.18 bits per heavy atom. The number of carbonyl (C=O) groups is 2. The molecule has 1 rings (SSSR count). The second kappa shape index (κ2) is 7.62. The first kappa shape index (κ1) is 17.7. The molecule has 0 aliphatic heterocycles. The summed E-state index contributed by atoms with van der Waals surface area (Å²) in [5, 5.41) is 12.3. The number of hydrogen-bond donors (Lipinski definition) is 3. The van der Waals surface area contributed by atoms with E-state index in [1.54, 1.807) is 5.32 Å². The van der Waals surface area contributed by atoms with E-state index in [1.165, 1.54) is 0 Å². The van der Waals surface area contributed by atoms with Crippen LogP contribution >= 0.6 is 0 Å². The number of aliphatic carboxylic acids is 1. The van der Waals surface area contributed by atoms with Crippen molar-refractivity contribution >= 4 is 12.0 Å². The van der Waals surface area contributed by atoms with Gasteiger partial charge in [-0.2, -0.15) is 13.2 Å². The molecule has 22 heavy (non-hydrogen) atoms. The maximum Gasteiger partial charge on any atom is 0.412 e. The van der Waals surface area contributed by atoms with Gasteiger partial charge in [0.25, 0.3) is 0 Å². The number of amides is 2. The molecule has 1 aromatic carbocycles. The topological polar surface area (TPSA) is 78.4 Å². The van der Waals surface area contributed by atoms with E-state index in [9.17, 15) is 27.2 Å². The van der Waals surface area contributed by atoms with Gasteiger partial charge in [-0.05, 0) is 24.1 Å². The third-order valence-electron chi connectivity index (χ3n) is 2.66. The van der Waals surface area contributed by atoms with Gasteiger partial charge in [0.15, 0.2) is 6.04 Å². The summed E-state index contributed by atoms with van der Waals surface area (Å²) in [5.74, 6) is -1.76. The van der Waals surface area contributed by atoms with Crippen molar-refractivity contribution in [3.8, 4) is 0 Å². The second-order valence-corrected chi connectivity index (χ2v) is 4.42. The average molecular weight is 322 g/mol. The minimum absolute atomic E-state index is 0.0773. The third-order valence-corrected chi connectivity index (χ3v) is 2.66. The third kappa shape index (κ3) is 5.98. The van der Waals surface area contributed by atoms with Gasteiger partial charge in [-0.1, -0.05) is 12.1 Å². The molecule has 1 aromatic rings. The summed E-state index contributed by atoms with van der Waals surface area (Å²) < 4.78 is 51.6. The predicted octanol–water partition coefficient (Wildman–Crippen LogP) is 2.59. The molecule has 122 valence electrons. The highest BCUT2D eigenvalue weighted by molar-refractivity contribution is 5.74. The fourth-order valence-electron chi connectivity index (χ4n) is 1.63. The Balaban J connectivity index is 2.64. The molecule has 3 N–H and O–H groups in total. The van der Waals surface area contributed by atoms with Gasteiger partial charge in [0, 0.05) is 13.0 Å². The molecule has 0 aliphatic rings. The lowest BCUT2D eigenvalue weighted by Gasteiger charge is -2.22. The average Bonchev–Trinajstić information content (AvgIpc) is 2.41. The number of halogens is 4. The van der Waals surface area contributed by atoms with Crippen molar-refractivity contribution in [2.45, 2.75) is 25.1 Å². The molecular formula is C13H14F4N2O3. The van der Waals surface area contributed by atoms with E-state index < -0.39 is 30.0 Å². The van der Waals surface area contributed by atoms with Gasteiger partial charge >= 0.3 is 18.2 Å². The molecule has 0 saturated heterocycles. The maximum atomic E-state index is 12.9. The molecule has 0 radical (unpaired) electrons. The Hall–Kier alpha value is -2.32. The van der Waals surface area contributed by atoms with Gasteiger partial charge in [-0.3, -0.25) is 4.79 Å². The normalized spacial score (nSPS) is 12.5. The van der Waals surface area contributed by atoms with Gasteiger partial charge in [0.1, 0.15) is 5.82 Å². The number of urea groups is 1. The van der Waals surface area contributed by atoms with Crippen LogP contribution in [0.5, 0.6) is 0 Å². The molecule has 0 saturated carbocycles. The van der Waals surface area contributed by atoms with Gasteiger partial charge in [0.2, 0.25) is 0 Å². The van der Waals surface area contributed by atoms with E-state index in [4.69, 9.17) is 5.11 Å². The summed E-state index contributed by atoms with van der Waals surface area (Å²) in [7, 11) is 0. The molecule has 0 bridgehead atoms. The van der Waals surface area contributed by atoms with E-state index in [1.807, 2.05) is 0 Å². The molecule has 0 heterocycles. The van der Waals surface area contributed by atoms with Gasteiger partial charge in [-0.15, -0.1) is 0 Å². The largest absolute Gasteiger partial charge is 0.481 e. The van der Waals surface area contributed by atoms with E-state index in [2.05, 4.69) is 5.32 Å². The van der Waals surface area contributed by atoms with Crippen molar-refractivity contribution in [2.24, 2.45) is 0 Å². The Kier molecular flexibility index (Phi) is 6.14. The summed E-state index contributed by atoms with van der Waals surface area (Å²) in [6.45, 7) is -0.0773. The first-order valence-corrected chi connectivity index (χ1v) is 6.28. The lowest BCUT2D eigenvalue weighted by molar-refractivity contribution is -0.155. The lowest BCUT2D eigenvalue weighted by atomic mass is 10.1. The molecule has 9 heteroatoms. The van der Waals surface area contributed by atoms with Crippen LogP contribution in [0.25, 0.3) is 0 Å². The monoisotopic (exact) mass is 322 g/mol. The molecule has 0 aromatic heterocycles. The number of carboxylic acids is 1. The SMILES string of the molecule is O=C(O)CCCNC(=O)N[C@@H](c1ccc(F)cc1)C(F)(F)F. The van der Waals surface area contributed by atoms with Crippen LogP contribution in [0.3, 0.4) is 0 Å². The number of hydrogen-bond acceptors (Lipinski definition) is 2. The number of carboxylic acid groups (broad SMARTS) is 1. The Morgan fingerprint density at radius 3 is 2.27 bits per heavy atom. The highest BCUT2D eigenvalue weighted by Crippen LogP contribution is 2.32. The van der Waals surface area contributed by atoms with Gasteiger partial charge in [-0.25, -0.2) is 9.18 Å². The smallest absolute Gasteiger partial charge is 0.412 e. The van der Waals surface area contributed by atoms with Crippen molar-refractivity contribution in [3.05, 3.63) is 35.6 Å². The van der Waals surface area contributed by atoms with Crippen molar-refractivity contribution in [1.29, 1.82) is 0 Å². The van der Waals surface area contributed by atoms with Crippen molar-refractivity contribution in [1.82, 2.24) is 10.6 Å². The minimum Gasteiger partial charge on any atom is -0.481 e. The number of nitrogens with one attached hydrogen (secondary N) is 2. The molecule has 1 atom stereocenters. The quantitative estimate of drug-likeness (QED) is 0.556. The first-order valence-electron chi connectivity index (χ1n) is 6.28. The summed E-state index contributed by atoms with van der Waals surface area (Å²) in [4.78, 5) is 21.7. The van der Waals surface area contributed by atoms with Crippen molar-refractivity contribution in [3.63, 3.8) is 0 Å². The van der Waals surface area contributed by atoms with Crippen LogP contribution in [0.1, 0.15) is 24.4 Å². The summed E-state index contributed by atoms with van der Waals surface area (Å²) >= 11 is 0. The predicted molar refractivity (Wildman–Crippen MR) is 68.6 cm³/mol. The molecule has 5 nitrogen and oxygen atoms in total. The van der Waals surface area contributed by atoms with E-state index in [0.29, 0.717) is 0 Å². The van der Waals surface area contributed by atoms with Crippen LogP contribution in [-0.2, 0) is 4.79 Å². The summed E-state index contributed by atoms with van der Waals surface area (Å²) in [6.07, 6.45) is -4.87. The standard InChI is InChI=1S/C13H14F4N2O3/c14-9-5-3-8(4-6-9)11(13(15,16)17)19-12(22)18-7-1-2-10(20)21/h3-6,11H,1-2,7H2,(H,20,21)(H2,18,19,22)/t11-/m0/s1. The first-order chi connectivity index (χ1) is 10.2. The Bertz CT molecular complexity index is 517. The Labute approximate surface area is 123 Å². The molecule has 0 spiro atoms. The second-order valence-electron chi connectivity index (χ2n) is 4.42. The van der Waals surface area contributed by atoms with Crippen molar-refractivity contribution in [2.75, 3.05) is 6.54 Å². The molecule has 0 aliphatic carbocycles. The highest BCUT2D eigenvalue weighted by atomic mass is 19.4. The van der Waals surface area contributed by atoms with Crippen LogP contribution < -0.4 is 10.6 Å². The van der Waals surface area contributed by atoms with Crippen LogP contribution in [-0.4, -0.2) is 29.8 Å². The lowest BCUT2D eigenvalue weighted by Crippen LogP contribution is -2.43. The number of alkyl halides is 3. The van der Waals surface area contributed by atoms with Crippen LogP contribution in [0.4, 0.5) is 22.4 Å². The van der Waals surface area contributed by atoms with E-state index in [0.717, 1.165) is 24.3 Å². The molecule has 0 unspecified atom stereocenters.